The molecule has 0 unspecified atom stereocenters. The van der Waals surface area contributed by atoms with Crippen molar-refractivity contribution in [2.75, 3.05) is 18.5 Å². The van der Waals surface area contributed by atoms with Gasteiger partial charge in [-0.2, -0.15) is 0 Å². The van der Waals surface area contributed by atoms with Crippen LogP contribution < -0.4 is 15.5 Å². The van der Waals surface area contributed by atoms with E-state index in [9.17, 15) is 14.8 Å². The molecule has 0 atom stereocenters. The maximum Gasteiger partial charge on any atom is 0.488 e. The minimum Gasteiger partial charge on any atom is -0.494 e. The van der Waals surface area contributed by atoms with E-state index in [1.54, 1.807) is 42.5 Å². The topological polar surface area (TPSA) is 92.4 Å². The number of benzene rings is 2. The van der Waals surface area contributed by atoms with E-state index < -0.39 is 13.2 Å². The Kier molecular flexibility index (Phi) is 7.03. The van der Waals surface area contributed by atoms with Gasteiger partial charge >= 0.3 is 13.2 Å². The lowest BCUT2D eigenvalue weighted by Gasteiger charge is -2.13. The maximum atomic E-state index is 11.8. The van der Waals surface area contributed by atoms with Crippen LogP contribution in [0, 0.1) is 6.57 Å². The monoisotopic (exact) mass is 354 g/mol. The van der Waals surface area contributed by atoms with E-state index in [4.69, 9.17) is 16.0 Å². The summed E-state index contributed by atoms with van der Waals surface area (Å²) >= 11 is 0. The van der Waals surface area contributed by atoms with Crippen LogP contribution in [0.3, 0.4) is 0 Å². The van der Waals surface area contributed by atoms with Crippen molar-refractivity contribution in [2.45, 2.75) is 13.3 Å². The Bertz CT molecular complexity index is 804. The van der Waals surface area contributed by atoms with Gasteiger partial charge in [-0.05, 0) is 36.1 Å². The highest BCUT2D eigenvalue weighted by molar-refractivity contribution is 6.58. The predicted octanol–water partition coefficient (Wildman–Crippen LogP) is 2.11. The molecule has 134 valence electrons. The van der Waals surface area contributed by atoms with Crippen LogP contribution in [0.15, 0.2) is 42.5 Å². The van der Waals surface area contributed by atoms with E-state index in [0.29, 0.717) is 35.6 Å². The Hall–Kier alpha value is -3.02. The van der Waals surface area contributed by atoms with Crippen molar-refractivity contribution in [1.29, 1.82) is 0 Å². The molecule has 0 saturated carbocycles. The zero-order chi connectivity index (χ0) is 18.9. The Balaban J connectivity index is 1.92. The molecule has 0 aliphatic carbocycles. The molecule has 2 aromatic carbocycles. The van der Waals surface area contributed by atoms with E-state index >= 15 is 0 Å². The number of anilines is 1. The number of nitrogens with one attached hydrogen (secondary N) is 1. The lowest BCUT2D eigenvalue weighted by Crippen LogP contribution is -2.30. The van der Waals surface area contributed by atoms with Crippen molar-refractivity contribution < 1.29 is 24.3 Å². The number of hydrogen-bond acceptors (Lipinski definition) is 5. The van der Waals surface area contributed by atoms with Crippen LogP contribution in [-0.4, -0.2) is 36.5 Å². The van der Waals surface area contributed by atoms with E-state index in [2.05, 4.69) is 10.2 Å². The molecule has 0 saturated heterocycles. The minimum atomic E-state index is -1.57. The SMILES string of the molecule is [C-]#[N+]c1cccc(NC(=O)OCCc2ccc(B(O)O)cc2OCC)c1. The number of rotatable bonds is 7. The molecule has 0 spiro atoms. The van der Waals surface area contributed by atoms with Gasteiger partial charge in [0.15, 0.2) is 5.69 Å². The van der Waals surface area contributed by atoms with Crippen LogP contribution >= 0.6 is 0 Å². The molecule has 0 radical (unpaired) electrons. The van der Waals surface area contributed by atoms with Crippen LogP contribution in [0.2, 0.25) is 0 Å². The molecule has 7 nitrogen and oxygen atoms in total. The number of carbonyl (C=O) groups excluding carboxylic acids is 1. The first-order valence-corrected chi connectivity index (χ1v) is 8.06. The summed E-state index contributed by atoms with van der Waals surface area (Å²) in [5, 5.41) is 21.0. The normalized spacial score (nSPS) is 9.92. The van der Waals surface area contributed by atoms with Crippen LogP contribution in [0.5, 0.6) is 5.75 Å². The summed E-state index contributed by atoms with van der Waals surface area (Å²) in [4.78, 5) is 15.1. The summed E-state index contributed by atoms with van der Waals surface area (Å²) in [6.45, 7) is 9.34. The third kappa shape index (κ3) is 5.51. The molecule has 2 rings (SSSR count). The van der Waals surface area contributed by atoms with Gasteiger partial charge in [0.05, 0.1) is 19.8 Å². The molecule has 0 fully saturated rings. The zero-order valence-corrected chi connectivity index (χ0v) is 14.3. The Morgan fingerprint density at radius 1 is 1.27 bits per heavy atom. The minimum absolute atomic E-state index is 0.120. The van der Waals surface area contributed by atoms with Crippen LogP contribution in [0.1, 0.15) is 12.5 Å². The molecule has 0 heterocycles. The highest BCUT2D eigenvalue weighted by Crippen LogP contribution is 2.19. The average molecular weight is 354 g/mol. The van der Waals surface area contributed by atoms with Crippen LogP contribution in [0.25, 0.3) is 4.85 Å². The van der Waals surface area contributed by atoms with Crippen molar-refractivity contribution in [3.63, 3.8) is 0 Å². The van der Waals surface area contributed by atoms with Crippen molar-refractivity contribution in [3.05, 3.63) is 59.4 Å². The van der Waals surface area contributed by atoms with Gasteiger partial charge in [-0.3, -0.25) is 5.32 Å². The van der Waals surface area contributed by atoms with Gasteiger partial charge in [-0.15, -0.1) is 0 Å². The second-order valence-corrected chi connectivity index (χ2v) is 5.35. The molecule has 0 aliphatic heterocycles. The van der Waals surface area contributed by atoms with Gasteiger partial charge in [0.1, 0.15) is 5.75 Å². The summed E-state index contributed by atoms with van der Waals surface area (Å²) in [6.07, 6.45) is -0.209. The fraction of sp³-hybridized carbons (Fsp3) is 0.222. The van der Waals surface area contributed by atoms with Gasteiger partial charge < -0.3 is 19.5 Å². The molecule has 0 aliphatic rings. The number of nitrogens with zero attached hydrogens (tertiary/aromatic N) is 1. The maximum absolute atomic E-state index is 11.8. The van der Waals surface area contributed by atoms with Gasteiger partial charge in [0, 0.05) is 12.1 Å². The Morgan fingerprint density at radius 2 is 2.08 bits per heavy atom. The molecule has 3 N–H and O–H groups in total. The van der Waals surface area contributed by atoms with Gasteiger partial charge in [0.2, 0.25) is 0 Å². The summed E-state index contributed by atoms with van der Waals surface area (Å²) in [6, 6.07) is 11.4. The molecule has 0 aromatic heterocycles. The van der Waals surface area contributed by atoms with Gasteiger partial charge in [0.25, 0.3) is 0 Å². The number of hydrogen-bond donors (Lipinski definition) is 3. The highest BCUT2D eigenvalue weighted by Gasteiger charge is 2.14. The third-order valence-electron chi connectivity index (χ3n) is 3.52. The van der Waals surface area contributed by atoms with E-state index in [1.807, 2.05) is 6.92 Å². The highest BCUT2D eigenvalue weighted by atomic mass is 16.5. The van der Waals surface area contributed by atoms with Crippen molar-refractivity contribution >= 4 is 30.0 Å². The smallest absolute Gasteiger partial charge is 0.488 e. The summed E-state index contributed by atoms with van der Waals surface area (Å²) in [5.41, 5.74) is 2.03. The molecule has 0 bridgehead atoms. The molecule has 8 heteroatoms. The molecule has 2 aromatic rings. The summed E-state index contributed by atoms with van der Waals surface area (Å²) in [7, 11) is -1.57. The Morgan fingerprint density at radius 3 is 2.77 bits per heavy atom. The fourth-order valence-electron chi connectivity index (χ4n) is 2.29. The zero-order valence-electron chi connectivity index (χ0n) is 14.3. The standard InChI is InChI=1S/C18H19BN2O5/c1-3-25-17-11-14(19(23)24)8-7-13(17)9-10-26-18(22)21-16-6-4-5-15(12-16)20-2/h4-8,11-12,23-24H,3,9-10H2,1H3,(H,21,22). The first-order chi connectivity index (χ1) is 12.5. The van der Waals surface area contributed by atoms with E-state index in [1.165, 1.54) is 0 Å². The number of carbonyl (C=O) groups is 1. The first kappa shape index (κ1) is 19.3. The molecule has 1 amide bonds. The van der Waals surface area contributed by atoms with Crippen LogP contribution in [0.4, 0.5) is 16.2 Å². The summed E-state index contributed by atoms with van der Waals surface area (Å²) < 4.78 is 10.7. The second-order valence-electron chi connectivity index (χ2n) is 5.35. The first-order valence-electron chi connectivity index (χ1n) is 8.06. The fourth-order valence-corrected chi connectivity index (χ4v) is 2.29. The molecular weight excluding hydrogens is 335 g/mol. The Labute approximate surface area is 152 Å². The largest absolute Gasteiger partial charge is 0.494 e. The molecular formula is C18H19BN2O5. The average Bonchev–Trinajstić information content (AvgIpc) is 2.63. The second kappa shape index (κ2) is 9.46. The lowest BCUT2D eigenvalue weighted by molar-refractivity contribution is 0.162. The van der Waals surface area contributed by atoms with Crippen LogP contribution in [-0.2, 0) is 11.2 Å². The van der Waals surface area contributed by atoms with Gasteiger partial charge in [-0.1, -0.05) is 24.3 Å². The van der Waals surface area contributed by atoms with E-state index in [0.717, 1.165) is 5.56 Å². The lowest BCUT2D eigenvalue weighted by atomic mass is 9.79. The van der Waals surface area contributed by atoms with Crippen molar-refractivity contribution in [3.8, 4) is 5.75 Å². The van der Waals surface area contributed by atoms with E-state index in [-0.39, 0.29) is 6.61 Å². The summed E-state index contributed by atoms with van der Waals surface area (Å²) in [5.74, 6) is 0.520. The van der Waals surface area contributed by atoms with Gasteiger partial charge in [-0.25, -0.2) is 9.64 Å². The quantitative estimate of drug-likeness (QED) is 0.523. The predicted molar refractivity (Wildman–Crippen MR) is 98.8 cm³/mol. The number of amides is 1. The van der Waals surface area contributed by atoms with Crippen molar-refractivity contribution in [2.24, 2.45) is 0 Å². The molecule has 26 heavy (non-hydrogen) atoms. The van der Waals surface area contributed by atoms with Crippen molar-refractivity contribution in [1.82, 2.24) is 0 Å². The third-order valence-corrected chi connectivity index (χ3v) is 3.52. The number of ether oxygens (including phenoxy) is 2.